The van der Waals surface area contributed by atoms with Crippen LogP contribution in [-0.4, -0.2) is 280 Å². The maximum atomic E-state index is 15.4. The molecular weight excluding hydrogens is 1770 g/mol. The van der Waals surface area contributed by atoms with Crippen molar-refractivity contribution in [1.82, 2.24) is 30.4 Å². The van der Waals surface area contributed by atoms with Crippen LogP contribution in [-0.2, 0) is 105 Å². The second kappa shape index (κ2) is 51.1. The first-order chi connectivity index (χ1) is 64.1. The molecule has 0 bridgehead atoms. The number of esters is 6. The molecule has 1 aromatic carbocycles. The lowest BCUT2D eigenvalue weighted by molar-refractivity contribution is -0.261. The summed E-state index contributed by atoms with van der Waals surface area (Å²) in [7, 11) is 0. The van der Waals surface area contributed by atoms with E-state index in [1.54, 1.807) is 0 Å². The molecule has 30 heteroatoms. The molecule has 7 rings (SSSR count). The van der Waals surface area contributed by atoms with Gasteiger partial charge in [0.2, 0.25) is 0 Å². The second-order valence-electron chi connectivity index (χ2n) is 49.2. The number of hydrogen-bond acceptors (Lipinski definition) is 30. The smallest absolute Gasteiger partial charge is 0.323 e. The first kappa shape index (κ1) is 120. The standard InChI is InChI=1S/C108H192N6O24/c1-28-31-48-106(88(115)133-60-37-54-127-82-67-94(4,5)109(121)95(6,7)68-82,89(116)134-61-38-55-128-83-69-96(8,9)110(122)97(10,11)70-83)51-34-43-79-46-47-80(44-35-52-107(49-32-29-2,90(117)135-62-39-56-129-84-71-98(12,13)111(123)99(14,15)72-84)91(118)136-63-40-57-130-85-73-100(16,17)112(124)101(18,19)74-85)81(66-79)45-36-53-108(50-33-30-3,92(119)137-64-41-58-131-86-75-102(20,21)113(125)103(22,23)76-86)93(120)138-65-42-59-132-87-77-104(24,25)114(126)105(26,27)78-87/h46-47,66,82-87,121-126H,28-45,48-65,67-78H2,1-27H3. The Morgan fingerprint density at radius 1 is 0.246 bits per heavy atom. The predicted octanol–water partition coefficient (Wildman–Crippen LogP) is 20.3. The zero-order chi connectivity index (χ0) is 103. The fourth-order valence-corrected chi connectivity index (χ4v) is 23.8. The Balaban J connectivity index is 1.23. The summed E-state index contributed by atoms with van der Waals surface area (Å²) in [5.74, 6) is -4.09. The van der Waals surface area contributed by atoms with Crippen molar-refractivity contribution in [2.24, 2.45) is 16.2 Å². The van der Waals surface area contributed by atoms with E-state index in [9.17, 15) is 31.2 Å². The van der Waals surface area contributed by atoms with Crippen molar-refractivity contribution in [1.29, 1.82) is 0 Å². The summed E-state index contributed by atoms with van der Waals surface area (Å²) in [6, 6.07) is 6.20. The molecule has 6 N–H and O–H groups in total. The second-order valence-corrected chi connectivity index (χ2v) is 49.2. The molecule has 0 aliphatic carbocycles. The third-order valence-electron chi connectivity index (χ3n) is 30.5. The lowest BCUT2D eigenvalue weighted by Gasteiger charge is -2.51. The number of unbranched alkanes of at least 4 members (excludes halogenated alkanes) is 3. The summed E-state index contributed by atoms with van der Waals surface area (Å²) in [6.07, 6.45) is 14.4. The normalized spacial score (nSPS) is 22.3. The number of benzene rings is 1. The highest BCUT2D eigenvalue weighted by atomic mass is 16.6. The van der Waals surface area contributed by atoms with E-state index in [1.807, 2.05) is 193 Å². The van der Waals surface area contributed by atoms with Gasteiger partial charge in [-0.05, 0) is 337 Å². The third-order valence-corrected chi connectivity index (χ3v) is 30.5. The SMILES string of the molecule is CCCCC(CCCc1ccc(CCCC(CCCC)(C(=O)OCCCOC2CC(C)(C)N(O)C(C)(C)C2)C(=O)OCCCOC2CC(C)(C)N(O)C(C)(C)C2)c(CCCC(CCCC)(C(=O)OCCCOC2CC(C)(C)N(O)C(C)(C)C2)C(=O)OCCCOC2CC(C)(C)N(O)C(C)(C)C2)c1)(C(=O)OCCCOC1CC(C)(C)N(O)C(C)(C)C1)C(=O)OCCCOC1CC(C)(C)N(O)C(C)(C)C1. The van der Waals surface area contributed by atoms with Gasteiger partial charge in [0.1, 0.15) is 0 Å². The van der Waals surface area contributed by atoms with Crippen molar-refractivity contribution in [3.05, 3.63) is 34.9 Å². The van der Waals surface area contributed by atoms with Gasteiger partial charge in [0, 0.05) is 105 Å². The molecule has 6 aliphatic rings. The molecule has 6 heterocycles. The average Bonchev–Trinajstić information content (AvgIpc) is 0.783. The molecule has 138 heavy (non-hydrogen) atoms. The van der Waals surface area contributed by atoms with E-state index in [4.69, 9.17) is 56.8 Å². The molecule has 30 nitrogen and oxygen atoms in total. The number of hydrogen-bond donors (Lipinski definition) is 6. The molecule has 0 amide bonds. The monoisotopic (exact) mass is 1960 g/mol. The quantitative estimate of drug-likeness (QED) is 0.0153. The Labute approximate surface area is 830 Å². The minimum atomic E-state index is -1.75. The van der Waals surface area contributed by atoms with Gasteiger partial charge in [-0.15, -0.1) is 0 Å². The van der Waals surface area contributed by atoms with E-state index in [1.165, 1.54) is 30.4 Å². The van der Waals surface area contributed by atoms with Crippen LogP contribution in [0.5, 0.6) is 0 Å². The first-order valence-electron chi connectivity index (χ1n) is 52.9. The third kappa shape index (κ3) is 32.9. The number of carbonyl (C=O) groups is 6. The highest BCUT2D eigenvalue weighted by Gasteiger charge is 2.55. The molecule has 1 aromatic rings. The van der Waals surface area contributed by atoms with Gasteiger partial charge in [-0.3, -0.25) is 28.8 Å². The molecule has 0 spiro atoms. The molecule has 6 aliphatic heterocycles. The molecule has 6 saturated heterocycles. The van der Waals surface area contributed by atoms with Crippen molar-refractivity contribution >= 4 is 35.8 Å². The largest absolute Gasteiger partial charge is 0.465 e. The van der Waals surface area contributed by atoms with Gasteiger partial charge in [0.25, 0.3) is 0 Å². The minimum Gasteiger partial charge on any atom is -0.465 e. The van der Waals surface area contributed by atoms with Gasteiger partial charge < -0.3 is 88.1 Å². The first-order valence-corrected chi connectivity index (χ1v) is 52.9. The summed E-state index contributed by atoms with van der Waals surface area (Å²) < 4.78 is 76.2. The highest BCUT2D eigenvalue weighted by Crippen LogP contribution is 2.47. The van der Waals surface area contributed by atoms with Crippen LogP contribution >= 0.6 is 0 Å². The number of ether oxygens (including phenoxy) is 12. The van der Waals surface area contributed by atoms with Gasteiger partial charge in [0.15, 0.2) is 16.2 Å². The molecule has 6 fully saturated rings. The Morgan fingerprint density at radius 2 is 0.413 bits per heavy atom. The van der Waals surface area contributed by atoms with Gasteiger partial charge >= 0.3 is 35.8 Å². The van der Waals surface area contributed by atoms with E-state index in [0.29, 0.717) is 193 Å². The Morgan fingerprint density at radius 3 is 0.594 bits per heavy atom. The van der Waals surface area contributed by atoms with Gasteiger partial charge in [-0.1, -0.05) is 77.5 Å². The topological polar surface area (TPSA) is 354 Å². The summed E-state index contributed by atoms with van der Waals surface area (Å²) in [5.41, 5.74) is -9.05. The van der Waals surface area contributed by atoms with Crippen LogP contribution < -0.4 is 0 Å². The number of hydroxylamine groups is 12. The summed E-state index contributed by atoms with van der Waals surface area (Å²) in [5, 5.41) is 74.9. The number of piperidine rings is 6. The Hall–Kier alpha value is -4.68. The van der Waals surface area contributed by atoms with Crippen molar-refractivity contribution < 1.29 is 117 Å². The zero-order valence-electron chi connectivity index (χ0n) is 90.9. The lowest BCUT2D eigenvalue weighted by Crippen LogP contribution is -2.60. The van der Waals surface area contributed by atoms with Crippen LogP contribution in [0.3, 0.4) is 0 Å². The molecule has 0 atom stereocenters. The molecule has 0 radical (unpaired) electrons. The van der Waals surface area contributed by atoms with E-state index in [2.05, 4.69) is 12.1 Å². The van der Waals surface area contributed by atoms with Crippen molar-refractivity contribution in [2.45, 2.75) is 521 Å². The van der Waals surface area contributed by atoms with Crippen LogP contribution in [0.2, 0.25) is 0 Å². The Bertz CT molecular complexity index is 3650. The van der Waals surface area contributed by atoms with Crippen molar-refractivity contribution in [3.63, 3.8) is 0 Å². The van der Waals surface area contributed by atoms with Crippen LogP contribution in [0, 0.1) is 16.2 Å². The predicted molar refractivity (Wildman–Crippen MR) is 529 cm³/mol. The molecule has 0 unspecified atom stereocenters. The highest BCUT2D eigenvalue weighted by molar-refractivity contribution is 6.01. The molecule has 0 saturated carbocycles. The van der Waals surface area contributed by atoms with Gasteiger partial charge in [-0.25, -0.2) is 0 Å². The fraction of sp³-hybridized carbons (Fsp3) is 0.889. The number of aryl methyl sites for hydroxylation is 3. The maximum absolute atomic E-state index is 15.4. The minimum absolute atomic E-state index is 0.0158. The van der Waals surface area contributed by atoms with Crippen LogP contribution in [0.15, 0.2) is 18.2 Å². The van der Waals surface area contributed by atoms with E-state index in [-0.39, 0.29) is 154 Å². The average molecular weight is 1960 g/mol. The van der Waals surface area contributed by atoms with E-state index >= 15 is 28.8 Å². The van der Waals surface area contributed by atoms with Gasteiger partial charge in [0.05, 0.1) is 116 Å². The summed E-state index contributed by atoms with van der Waals surface area (Å²) in [4.78, 5) is 92.2. The van der Waals surface area contributed by atoms with Crippen LogP contribution in [0.25, 0.3) is 0 Å². The maximum Gasteiger partial charge on any atom is 0.323 e. The Kier molecular flexibility index (Phi) is 44.5. The van der Waals surface area contributed by atoms with Crippen molar-refractivity contribution in [2.75, 3.05) is 79.3 Å². The van der Waals surface area contributed by atoms with Crippen LogP contribution in [0.4, 0.5) is 0 Å². The number of nitrogens with zero attached hydrogens (tertiary/aromatic N) is 6. The summed E-state index contributed by atoms with van der Waals surface area (Å²) in [6.45, 7) is 55.1. The molecule has 0 aromatic heterocycles. The van der Waals surface area contributed by atoms with E-state index in [0.717, 1.165) is 16.7 Å². The molecular formula is C108H192N6O24. The number of rotatable bonds is 57. The molecule has 798 valence electrons. The van der Waals surface area contributed by atoms with E-state index < -0.39 is 119 Å². The lowest BCUT2D eigenvalue weighted by atomic mass is 9.76. The van der Waals surface area contributed by atoms with Crippen LogP contribution in [0.1, 0.15) is 416 Å². The van der Waals surface area contributed by atoms with Gasteiger partial charge in [-0.2, -0.15) is 30.4 Å². The fourth-order valence-electron chi connectivity index (χ4n) is 23.8. The summed E-state index contributed by atoms with van der Waals surface area (Å²) >= 11 is 0. The number of carbonyl (C=O) groups excluding carboxylic acids is 6. The zero-order valence-corrected chi connectivity index (χ0v) is 90.9. The van der Waals surface area contributed by atoms with Crippen molar-refractivity contribution in [3.8, 4) is 0 Å².